The lowest BCUT2D eigenvalue weighted by molar-refractivity contribution is -0.491. The highest BCUT2D eigenvalue weighted by atomic mass is 19.1. The molecule has 0 aromatic heterocycles. The number of nitrogens with zero attached hydrogens (tertiary/aromatic N) is 2. The van der Waals surface area contributed by atoms with Crippen LogP contribution in [0.1, 0.15) is 27.2 Å². The van der Waals surface area contributed by atoms with Crippen LogP contribution in [0.4, 0.5) is 4.32 Å². The average molecular weight is 306 g/mol. The topological polar surface area (TPSA) is 32.6 Å². The maximum atomic E-state index is 15.8. The van der Waals surface area contributed by atoms with Crippen LogP contribution in [-0.2, 0) is 9.45 Å². The van der Waals surface area contributed by atoms with E-state index in [1.54, 1.807) is 35.5 Å². The minimum atomic E-state index is -3.08. The van der Waals surface area contributed by atoms with Gasteiger partial charge >= 0.3 is 12.7 Å². The quantitative estimate of drug-likeness (QED) is 0.628. The van der Waals surface area contributed by atoms with Gasteiger partial charge in [-0.25, -0.2) is 0 Å². The van der Waals surface area contributed by atoms with E-state index in [2.05, 4.69) is 0 Å². The number of halogens is 1. The van der Waals surface area contributed by atoms with Crippen LogP contribution in [0, 0.1) is 5.92 Å². The molecule has 6 heteroatoms. The second-order valence-electron chi connectivity index (χ2n) is 6.38. The van der Waals surface area contributed by atoms with E-state index in [1.165, 1.54) is 4.49 Å². The van der Waals surface area contributed by atoms with Crippen LogP contribution in [0.5, 0.6) is 0 Å². The number of benzene rings is 1. The van der Waals surface area contributed by atoms with Crippen molar-refractivity contribution in [3.05, 3.63) is 30.3 Å². The SMILES string of the molecule is CC[C@@]1(C(C)C)C(=O)O[B@-](F)(c2ccccc2)/[N+]1=C\N(C)C. The van der Waals surface area contributed by atoms with Crippen LogP contribution in [0.2, 0.25) is 0 Å². The number of carbonyl (C=O) groups excluding carboxylic acids is 1. The van der Waals surface area contributed by atoms with Crippen molar-refractivity contribution in [1.29, 1.82) is 0 Å². The summed E-state index contributed by atoms with van der Waals surface area (Å²) >= 11 is 0. The van der Waals surface area contributed by atoms with E-state index < -0.39 is 18.3 Å². The molecule has 22 heavy (non-hydrogen) atoms. The Hall–Kier alpha value is -1.85. The molecule has 0 amide bonds. The standard InChI is InChI=1S/C16H24BFN2O2/c1-6-16(13(2)3)15(21)22-17(18,20(16)12-19(4)5)14-10-8-7-9-11-14/h7-13H,6H2,1-5H3/b20-12-/t16-,17+/m1/s1. The lowest BCUT2D eigenvalue weighted by Gasteiger charge is -2.35. The highest BCUT2D eigenvalue weighted by Gasteiger charge is 2.62. The van der Waals surface area contributed by atoms with Gasteiger partial charge in [-0.15, -0.1) is 0 Å². The molecule has 0 bridgehead atoms. The molecule has 1 saturated heterocycles. The molecule has 120 valence electrons. The first-order chi connectivity index (χ1) is 10.3. The molecule has 1 aliphatic rings. The van der Waals surface area contributed by atoms with Crippen molar-refractivity contribution in [2.24, 2.45) is 5.92 Å². The van der Waals surface area contributed by atoms with Gasteiger partial charge in [-0.2, -0.15) is 0 Å². The highest BCUT2D eigenvalue weighted by molar-refractivity contribution is 6.76. The molecule has 4 nitrogen and oxygen atoms in total. The van der Waals surface area contributed by atoms with Crippen molar-refractivity contribution in [2.75, 3.05) is 14.1 Å². The van der Waals surface area contributed by atoms with Gasteiger partial charge < -0.3 is 13.5 Å². The van der Waals surface area contributed by atoms with Gasteiger partial charge in [0.15, 0.2) is 11.9 Å². The monoisotopic (exact) mass is 306 g/mol. The van der Waals surface area contributed by atoms with E-state index in [1.807, 2.05) is 40.9 Å². The smallest absolute Gasteiger partial charge is 0.568 e. The summed E-state index contributed by atoms with van der Waals surface area (Å²) in [7, 11) is 3.62. The largest absolute Gasteiger partial charge is 0.619 e. The van der Waals surface area contributed by atoms with Gasteiger partial charge in [0, 0.05) is 5.92 Å². The summed E-state index contributed by atoms with van der Waals surface area (Å²) in [6, 6.07) is 8.64. The molecule has 0 aliphatic carbocycles. The Morgan fingerprint density at radius 2 is 1.95 bits per heavy atom. The highest BCUT2D eigenvalue weighted by Crippen LogP contribution is 2.37. The van der Waals surface area contributed by atoms with Gasteiger partial charge in [-0.05, 0) is 6.42 Å². The first-order valence-corrected chi connectivity index (χ1v) is 7.71. The Morgan fingerprint density at radius 1 is 1.36 bits per heavy atom. The predicted molar refractivity (Wildman–Crippen MR) is 86.9 cm³/mol. The van der Waals surface area contributed by atoms with Crippen molar-refractivity contribution in [2.45, 2.75) is 32.7 Å². The number of hydrogen-bond donors (Lipinski definition) is 0. The Kier molecular flexibility index (Phi) is 4.31. The van der Waals surface area contributed by atoms with Crippen molar-refractivity contribution < 1.29 is 18.3 Å². The van der Waals surface area contributed by atoms with Crippen LogP contribution in [0.15, 0.2) is 30.3 Å². The zero-order valence-corrected chi connectivity index (χ0v) is 13.9. The third-order valence-electron chi connectivity index (χ3n) is 4.50. The van der Waals surface area contributed by atoms with Gasteiger partial charge in [0.25, 0.3) is 0 Å². The molecule has 2 rings (SSSR count). The van der Waals surface area contributed by atoms with Crippen molar-refractivity contribution in [1.82, 2.24) is 4.90 Å². The average Bonchev–Trinajstić information content (AvgIpc) is 2.69. The van der Waals surface area contributed by atoms with Gasteiger partial charge in [-0.1, -0.05) is 56.6 Å². The zero-order chi connectivity index (χ0) is 16.5. The fourth-order valence-electron chi connectivity index (χ4n) is 3.33. The van der Waals surface area contributed by atoms with Crippen molar-refractivity contribution >= 4 is 24.5 Å². The van der Waals surface area contributed by atoms with Crippen molar-refractivity contribution in [3.63, 3.8) is 0 Å². The molecular formula is C16H24BFN2O2. The summed E-state index contributed by atoms with van der Waals surface area (Å²) in [6.45, 7) is 2.66. The zero-order valence-electron chi connectivity index (χ0n) is 13.9. The number of carbonyl (C=O) groups is 1. The molecular weight excluding hydrogens is 282 g/mol. The second-order valence-corrected chi connectivity index (χ2v) is 6.38. The van der Waals surface area contributed by atoms with E-state index in [4.69, 9.17) is 4.65 Å². The van der Waals surface area contributed by atoms with Crippen LogP contribution in [0.3, 0.4) is 0 Å². The van der Waals surface area contributed by atoms with Crippen LogP contribution < -0.4 is 5.46 Å². The first-order valence-electron chi connectivity index (χ1n) is 7.71. The minimum absolute atomic E-state index is 0.0792. The predicted octanol–water partition coefficient (Wildman–Crippen LogP) is 1.77. The molecule has 0 saturated carbocycles. The Labute approximate surface area is 131 Å². The van der Waals surface area contributed by atoms with Crippen LogP contribution >= 0.6 is 0 Å². The maximum absolute atomic E-state index is 15.8. The second kappa shape index (κ2) is 5.74. The fraction of sp³-hybridized carbons (Fsp3) is 0.500. The normalized spacial score (nSPS) is 30.0. The third kappa shape index (κ3) is 2.30. The molecule has 0 N–H and O–H groups in total. The van der Waals surface area contributed by atoms with E-state index in [-0.39, 0.29) is 5.92 Å². The summed E-state index contributed by atoms with van der Waals surface area (Å²) < 4.78 is 22.7. The lowest BCUT2D eigenvalue weighted by atomic mass is 9.65. The van der Waals surface area contributed by atoms with Gasteiger partial charge in [0.2, 0.25) is 0 Å². The Balaban J connectivity index is 2.70. The van der Waals surface area contributed by atoms with Crippen LogP contribution in [-0.4, -0.2) is 48.1 Å². The van der Waals surface area contributed by atoms with Gasteiger partial charge in [0.1, 0.15) is 0 Å². The maximum Gasteiger partial charge on any atom is 0.568 e. The van der Waals surface area contributed by atoms with Gasteiger partial charge in [0.05, 0.1) is 14.1 Å². The Morgan fingerprint density at radius 3 is 2.41 bits per heavy atom. The molecule has 1 aliphatic heterocycles. The Bertz CT molecular complexity index is 591. The molecule has 0 unspecified atom stereocenters. The van der Waals surface area contributed by atoms with E-state index in [0.29, 0.717) is 11.9 Å². The van der Waals surface area contributed by atoms with Crippen molar-refractivity contribution in [3.8, 4) is 0 Å². The third-order valence-corrected chi connectivity index (χ3v) is 4.50. The van der Waals surface area contributed by atoms with E-state index in [9.17, 15) is 4.79 Å². The minimum Gasteiger partial charge on any atom is -0.619 e. The lowest BCUT2D eigenvalue weighted by Crippen LogP contribution is -2.60. The molecule has 1 aromatic rings. The van der Waals surface area contributed by atoms with E-state index in [0.717, 1.165) is 0 Å². The van der Waals surface area contributed by atoms with Gasteiger partial charge in [-0.3, -0.25) is 9.69 Å². The number of hydrogen-bond acceptors (Lipinski definition) is 2. The first kappa shape index (κ1) is 16.5. The molecule has 0 radical (unpaired) electrons. The fourth-order valence-corrected chi connectivity index (χ4v) is 3.33. The molecule has 2 atom stereocenters. The number of rotatable bonds is 4. The molecule has 1 fully saturated rings. The summed E-state index contributed by atoms with van der Waals surface area (Å²) in [6.07, 6.45) is 2.12. The molecule has 0 spiro atoms. The summed E-state index contributed by atoms with van der Waals surface area (Å²) in [4.78, 5) is 14.4. The summed E-state index contributed by atoms with van der Waals surface area (Å²) in [5.41, 5.74) is -0.612. The van der Waals surface area contributed by atoms with E-state index >= 15 is 4.32 Å². The van der Waals surface area contributed by atoms with Crippen LogP contribution in [0.25, 0.3) is 0 Å². The summed E-state index contributed by atoms with van der Waals surface area (Å²) in [5, 5.41) is 0. The molecule has 1 heterocycles. The summed E-state index contributed by atoms with van der Waals surface area (Å²) in [5.74, 6) is -0.570. The molecule has 1 aromatic carbocycles.